The van der Waals surface area contributed by atoms with Gasteiger partial charge < -0.3 is 5.11 Å². The van der Waals surface area contributed by atoms with Gasteiger partial charge in [0, 0.05) is 13.1 Å². The molecule has 0 radical (unpaired) electrons. The summed E-state index contributed by atoms with van der Waals surface area (Å²) in [4.78, 5) is 13.0. The van der Waals surface area contributed by atoms with E-state index in [0.29, 0.717) is 18.0 Å². The SMILES string of the molecule is CCN(Cc1cc(F)cc(C(=O)O)c1)CC(C)C. The molecule has 4 heteroatoms. The zero-order valence-corrected chi connectivity index (χ0v) is 11.1. The Bertz CT molecular complexity index is 418. The highest BCUT2D eigenvalue weighted by Gasteiger charge is 2.10. The zero-order chi connectivity index (χ0) is 13.7. The summed E-state index contributed by atoms with van der Waals surface area (Å²) in [5.41, 5.74) is 0.709. The minimum Gasteiger partial charge on any atom is -0.478 e. The van der Waals surface area contributed by atoms with Gasteiger partial charge in [0.1, 0.15) is 5.82 Å². The normalized spacial score (nSPS) is 11.2. The number of rotatable bonds is 6. The molecule has 1 rings (SSSR count). The van der Waals surface area contributed by atoms with Crippen molar-refractivity contribution in [3.05, 3.63) is 35.1 Å². The first-order valence-corrected chi connectivity index (χ1v) is 6.17. The van der Waals surface area contributed by atoms with Crippen LogP contribution in [0.4, 0.5) is 4.39 Å². The molecule has 0 bridgehead atoms. The lowest BCUT2D eigenvalue weighted by atomic mass is 10.1. The van der Waals surface area contributed by atoms with Crippen molar-refractivity contribution in [3.63, 3.8) is 0 Å². The van der Waals surface area contributed by atoms with Crippen LogP contribution >= 0.6 is 0 Å². The smallest absolute Gasteiger partial charge is 0.335 e. The minimum absolute atomic E-state index is 0.00519. The van der Waals surface area contributed by atoms with Gasteiger partial charge in [-0.3, -0.25) is 4.90 Å². The average molecular weight is 253 g/mol. The van der Waals surface area contributed by atoms with Gasteiger partial charge >= 0.3 is 5.97 Å². The number of carbonyl (C=O) groups is 1. The first kappa shape index (κ1) is 14.6. The minimum atomic E-state index is -1.09. The number of halogens is 1. The number of aromatic carboxylic acids is 1. The second-order valence-corrected chi connectivity index (χ2v) is 4.87. The van der Waals surface area contributed by atoms with E-state index in [1.807, 2.05) is 6.92 Å². The van der Waals surface area contributed by atoms with Crippen molar-refractivity contribution >= 4 is 5.97 Å². The topological polar surface area (TPSA) is 40.5 Å². The standard InChI is InChI=1S/C14H20FNO2/c1-4-16(8-10(2)3)9-11-5-12(14(17)18)7-13(15)6-11/h5-7,10H,4,8-9H2,1-3H3,(H,17,18). The second-order valence-electron chi connectivity index (χ2n) is 4.87. The van der Waals surface area contributed by atoms with E-state index in [2.05, 4.69) is 18.7 Å². The molecule has 0 heterocycles. The summed E-state index contributed by atoms with van der Waals surface area (Å²) >= 11 is 0. The summed E-state index contributed by atoms with van der Waals surface area (Å²) in [5.74, 6) is -1.06. The molecule has 0 amide bonds. The predicted octanol–water partition coefficient (Wildman–Crippen LogP) is 3.00. The van der Waals surface area contributed by atoms with Crippen molar-refractivity contribution in [3.8, 4) is 0 Å². The van der Waals surface area contributed by atoms with Crippen molar-refractivity contribution in [1.82, 2.24) is 4.90 Å². The molecule has 1 N–H and O–H groups in total. The summed E-state index contributed by atoms with van der Waals surface area (Å²) < 4.78 is 13.3. The molecule has 3 nitrogen and oxygen atoms in total. The molecule has 0 aromatic heterocycles. The third-order valence-corrected chi connectivity index (χ3v) is 2.68. The van der Waals surface area contributed by atoms with Crippen molar-refractivity contribution in [2.24, 2.45) is 5.92 Å². The second kappa shape index (κ2) is 6.50. The van der Waals surface area contributed by atoms with Crippen LogP contribution in [0.2, 0.25) is 0 Å². The molecule has 0 unspecified atom stereocenters. The largest absolute Gasteiger partial charge is 0.478 e. The van der Waals surface area contributed by atoms with Crippen molar-refractivity contribution < 1.29 is 14.3 Å². The first-order chi connectivity index (χ1) is 8.42. The first-order valence-electron chi connectivity index (χ1n) is 6.17. The highest BCUT2D eigenvalue weighted by atomic mass is 19.1. The van der Waals surface area contributed by atoms with E-state index in [9.17, 15) is 9.18 Å². The summed E-state index contributed by atoms with van der Waals surface area (Å²) in [6.45, 7) is 8.63. The van der Waals surface area contributed by atoms with Crippen LogP contribution in [0.5, 0.6) is 0 Å². The molecule has 1 aromatic carbocycles. The third-order valence-electron chi connectivity index (χ3n) is 2.68. The Hall–Kier alpha value is -1.42. The molecule has 0 atom stereocenters. The summed E-state index contributed by atoms with van der Waals surface area (Å²) in [6.07, 6.45) is 0. The highest BCUT2D eigenvalue weighted by Crippen LogP contribution is 2.13. The van der Waals surface area contributed by atoms with E-state index in [1.54, 1.807) is 0 Å². The van der Waals surface area contributed by atoms with Gasteiger partial charge in [-0.2, -0.15) is 0 Å². The quantitative estimate of drug-likeness (QED) is 0.847. The molecule has 0 saturated heterocycles. The van der Waals surface area contributed by atoms with E-state index in [0.717, 1.165) is 19.2 Å². The van der Waals surface area contributed by atoms with Gasteiger partial charge in [0.05, 0.1) is 5.56 Å². The maximum atomic E-state index is 13.3. The van der Waals surface area contributed by atoms with Crippen LogP contribution in [0.3, 0.4) is 0 Å². The Morgan fingerprint density at radius 3 is 2.56 bits per heavy atom. The molecule has 0 saturated carbocycles. The average Bonchev–Trinajstić information content (AvgIpc) is 2.26. The summed E-state index contributed by atoms with van der Waals surface area (Å²) in [5, 5.41) is 8.89. The summed E-state index contributed by atoms with van der Waals surface area (Å²) in [7, 11) is 0. The monoisotopic (exact) mass is 253 g/mol. The van der Waals surface area contributed by atoms with Crippen LogP contribution in [0.25, 0.3) is 0 Å². The molecule has 0 aliphatic carbocycles. The molecule has 1 aromatic rings. The third kappa shape index (κ3) is 4.45. The molecule has 18 heavy (non-hydrogen) atoms. The lowest BCUT2D eigenvalue weighted by Gasteiger charge is -2.22. The van der Waals surface area contributed by atoms with Crippen molar-refractivity contribution in [2.75, 3.05) is 13.1 Å². The Balaban J connectivity index is 2.85. The molecular formula is C14H20FNO2. The molecule has 0 fully saturated rings. The fourth-order valence-electron chi connectivity index (χ4n) is 1.95. The molecular weight excluding hydrogens is 233 g/mol. The van der Waals surface area contributed by atoms with Gasteiger partial charge in [0.25, 0.3) is 0 Å². The Morgan fingerprint density at radius 2 is 2.06 bits per heavy atom. The zero-order valence-electron chi connectivity index (χ0n) is 11.1. The lowest BCUT2D eigenvalue weighted by molar-refractivity contribution is 0.0696. The van der Waals surface area contributed by atoms with E-state index in [1.165, 1.54) is 12.1 Å². The van der Waals surface area contributed by atoms with Crippen molar-refractivity contribution in [2.45, 2.75) is 27.3 Å². The molecule has 0 aliphatic heterocycles. The molecule has 0 aliphatic rings. The Labute approximate surface area is 107 Å². The highest BCUT2D eigenvalue weighted by molar-refractivity contribution is 5.87. The van der Waals surface area contributed by atoms with E-state index >= 15 is 0 Å². The van der Waals surface area contributed by atoms with Gasteiger partial charge in [-0.1, -0.05) is 20.8 Å². The lowest BCUT2D eigenvalue weighted by Crippen LogP contribution is -2.27. The Kier molecular flexibility index (Phi) is 5.28. The fraction of sp³-hybridized carbons (Fsp3) is 0.500. The molecule has 100 valence electrons. The van der Waals surface area contributed by atoms with E-state index < -0.39 is 11.8 Å². The van der Waals surface area contributed by atoms with Crippen molar-refractivity contribution in [1.29, 1.82) is 0 Å². The Morgan fingerprint density at radius 1 is 1.39 bits per heavy atom. The summed E-state index contributed by atoms with van der Waals surface area (Å²) in [6, 6.07) is 3.98. The van der Waals surface area contributed by atoms with Crippen LogP contribution in [0, 0.1) is 11.7 Å². The number of hydrogen-bond acceptors (Lipinski definition) is 2. The maximum Gasteiger partial charge on any atom is 0.335 e. The van der Waals surface area contributed by atoms with Gasteiger partial charge in [0.15, 0.2) is 0 Å². The number of carboxylic acids is 1. The van der Waals surface area contributed by atoms with E-state index in [-0.39, 0.29) is 5.56 Å². The molecule has 0 spiro atoms. The number of benzene rings is 1. The number of nitrogens with zero attached hydrogens (tertiary/aromatic N) is 1. The van der Waals surface area contributed by atoms with Crippen LogP contribution in [-0.2, 0) is 6.54 Å². The van der Waals surface area contributed by atoms with E-state index in [4.69, 9.17) is 5.11 Å². The fourth-order valence-corrected chi connectivity index (χ4v) is 1.95. The predicted molar refractivity (Wildman–Crippen MR) is 69.1 cm³/mol. The van der Waals surface area contributed by atoms with Gasteiger partial charge in [-0.25, -0.2) is 9.18 Å². The van der Waals surface area contributed by atoms with Crippen LogP contribution in [0.15, 0.2) is 18.2 Å². The number of hydrogen-bond donors (Lipinski definition) is 1. The van der Waals surface area contributed by atoms with Gasteiger partial charge in [-0.15, -0.1) is 0 Å². The number of carboxylic acid groups (broad SMARTS) is 1. The van der Waals surface area contributed by atoms with Gasteiger partial charge in [-0.05, 0) is 36.2 Å². The maximum absolute atomic E-state index is 13.3. The van der Waals surface area contributed by atoms with Crippen LogP contribution < -0.4 is 0 Å². The van der Waals surface area contributed by atoms with Crippen LogP contribution in [-0.4, -0.2) is 29.1 Å². The van der Waals surface area contributed by atoms with Crippen LogP contribution in [0.1, 0.15) is 36.7 Å². The van der Waals surface area contributed by atoms with Gasteiger partial charge in [0.2, 0.25) is 0 Å².